The Morgan fingerprint density at radius 2 is 2.25 bits per heavy atom. The van der Waals surface area contributed by atoms with E-state index < -0.39 is 0 Å². The second kappa shape index (κ2) is 6.52. The second-order valence-corrected chi connectivity index (χ2v) is 5.73. The first-order valence-electron chi connectivity index (χ1n) is 6.49. The fraction of sp³-hybridized carbons (Fsp3) is 0.333. The Hall–Kier alpha value is -1.88. The summed E-state index contributed by atoms with van der Waals surface area (Å²) >= 11 is 1.66. The predicted octanol–water partition coefficient (Wildman–Crippen LogP) is 3.04. The van der Waals surface area contributed by atoms with Crippen LogP contribution in [0.15, 0.2) is 29.8 Å². The molecule has 20 heavy (non-hydrogen) atoms. The van der Waals surface area contributed by atoms with Crippen molar-refractivity contribution in [3.05, 3.63) is 45.9 Å². The van der Waals surface area contributed by atoms with Crippen molar-refractivity contribution < 1.29 is 4.79 Å². The van der Waals surface area contributed by atoms with Crippen LogP contribution in [-0.2, 0) is 17.9 Å². The van der Waals surface area contributed by atoms with Gasteiger partial charge in [-0.2, -0.15) is 0 Å². The highest BCUT2D eigenvalue weighted by Crippen LogP contribution is 2.17. The maximum absolute atomic E-state index is 11.3. The lowest BCUT2D eigenvalue weighted by atomic mass is 10.2. The van der Waals surface area contributed by atoms with E-state index in [2.05, 4.69) is 16.4 Å². The summed E-state index contributed by atoms with van der Waals surface area (Å²) in [6, 6.07) is 8.15. The molecule has 4 nitrogen and oxygen atoms in total. The van der Waals surface area contributed by atoms with Crippen molar-refractivity contribution in [1.29, 1.82) is 0 Å². The fourth-order valence-corrected chi connectivity index (χ4v) is 2.56. The molecule has 2 aromatic rings. The number of carbonyl (C=O) groups is 1. The van der Waals surface area contributed by atoms with Gasteiger partial charge in [-0.15, -0.1) is 11.3 Å². The molecule has 0 aliphatic rings. The van der Waals surface area contributed by atoms with Gasteiger partial charge < -0.3 is 10.2 Å². The van der Waals surface area contributed by atoms with Gasteiger partial charge in [-0.25, -0.2) is 4.98 Å². The molecular formula is C15H19N3OS. The molecule has 0 bridgehead atoms. The van der Waals surface area contributed by atoms with Crippen molar-refractivity contribution in [1.82, 2.24) is 9.88 Å². The Kier molecular flexibility index (Phi) is 4.74. The minimum absolute atomic E-state index is 0.0728. The Balaban J connectivity index is 1.99. The van der Waals surface area contributed by atoms with E-state index in [1.807, 2.05) is 37.7 Å². The minimum atomic E-state index is 0.0728. The highest BCUT2D eigenvalue weighted by molar-refractivity contribution is 7.09. The number of nitrogens with zero attached hydrogens (tertiary/aromatic N) is 2. The maximum atomic E-state index is 11.3. The topological polar surface area (TPSA) is 45.2 Å². The monoisotopic (exact) mass is 289 g/mol. The van der Waals surface area contributed by atoms with Crippen LogP contribution in [0.25, 0.3) is 0 Å². The van der Waals surface area contributed by atoms with Crippen molar-refractivity contribution in [2.45, 2.75) is 26.9 Å². The summed E-state index contributed by atoms with van der Waals surface area (Å²) in [4.78, 5) is 18.4. The molecule has 1 aromatic heterocycles. The van der Waals surface area contributed by atoms with E-state index in [1.54, 1.807) is 23.2 Å². The van der Waals surface area contributed by atoms with Crippen LogP contribution in [0.3, 0.4) is 0 Å². The maximum Gasteiger partial charge on any atom is 0.219 e. The van der Waals surface area contributed by atoms with Gasteiger partial charge in [0.2, 0.25) is 5.91 Å². The minimum Gasteiger partial charge on any atom is -0.380 e. The number of amides is 1. The summed E-state index contributed by atoms with van der Waals surface area (Å²) in [5, 5.41) is 3.40. The number of rotatable bonds is 5. The van der Waals surface area contributed by atoms with E-state index in [4.69, 9.17) is 0 Å². The SMILES string of the molecule is CC(=O)N(C)Cc1cccc(NCc2scnc2C)c1. The molecular weight excluding hydrogens is 270 g/mol. The number of aryl methyl sites for hydroxylation is 1. The molecule has 0 spiro atoms. The number of benzene rings is 1. The quantitative estimate of drug-likeness (QED) is 0.920. The molecule has 0 atom stereocenters. The van der Waals surface area contributed by atoms with Crippen molar-refractivity contribution >= 4 is 22.9 Å². The molecule has 0 saturated heterocycles. The molecule has 106 valence electrons. The molecule has 1 N–H and O–H groups in total. The number of hydrogen-bond acceptors (Lipinski definition) is 4. The third-order valence-corrected chi connectivity index (χ3v) is 4.12. The van der Waals surface area contributed by atoms with Gasteiger partial charge in [0.25, 0.3) is 0 Å². The smallest absolute Gasteiger partial charge is 0.219 e. The Morgan fingerprint density at radius 1 is 1.45 bits per heavy atom. The number of aromatic nitrogens is 1. The van der Waals surface area contributed by atoms with E-state index in [0.717, 1.165) is 23.5 Å². The average Bonchev–Trinajstić information content (AvgIpc) is 2.82. The van der Waals surface area contributed by atoms with E-state index in [-0.39, 0.29) is 5.91 Å². The van der Waals surface area contributed by atoms with Gasteiger partial charge in [0, 0.05) is 31.1 Å². The summed E-state index contributed by atoms with van der Waals surface area (Å²) < 4.78 is 0. The van der Waals surface area contributed by atoms with Crippen molar-refractivity contribution in [2.24, 2.45) is 0 Å². The molecule has 0 aliphatic carbocycles. The molecule has 0 aliphatic heterocycles. The van der Waals surface area contributed by atoms with Crippen LogP contribution in [0.1, 0.15) is 23.1 Å². The van der Waals surface area contributed by atoms with Crippen LogP contribution >= 0.6 is 11.3 Å². The standard InChI is InChI=1S/C15H19N3OS/c1-11-15(20-10-17-11)8-16-14-6-4-5-13(7-14)9-18(3)12(2)19/h4-7,10,16H,8-9H2,1-3H3. The number of carbonyl (C=O) groups excluding carboxylic acids is 1. The van der Waals surface area contributed by atoms with E-state index in [9.17, 15) is 4.79 Å². The Labute approximate surface area is 123 Å². The molecule has 1 heterocycles. The van der Waals surface area contributed by atoms with Gasteiger partial charge in [-0.3, -0.25) is 4.79 Å². The van der Waals surface area contributed by atoms with Gasteiger partial charge in [0.05, 0.1) is 17.7 Å². The Morgan fingerprint density at radius 3 is 2.90 bits per heavy atom. The summed E-state index contributed by atoms with van der Waals surface area (Å²) in [6.45, 7) is 5.01. The molecule has 1 aromatic carbocycles. The van der Waals surface area contributed by atoms with Crippen LogP contribution in [-0.4, -0.2) is 22.8 Å². The zero-order valence-electron chi connectivity index (χ0n) is 12.0. The van der Waals surface area contributed by atoms with Gasteiger partial charge >= 0.3 is 0 Å². The highest BCUT2D eigenvalue weighted by Gasteiger charge is 2.05. The van der Waals surface area contributed by atoms with Gasteiger partial charge in [-0.1, -0.05) is 12.1 Å². The van der Waals surface area contributed by atoms with Gasteiger partial charge in [-0.05, 0) is 24.6 Å². The van der Waals surface area contributed by atoms with E-state index in [0.29, 0.717) is 6.54 Å². The van der Waals surface area contributed by atoms with Crippen molar-refractivity contribution in [3.63, 3.8) is 0 Å². The van der Waals surface area contributed by atoms with E-state index >= 15 is 0 Å². The highest BCUT2D eigenvalue weighted by atomic mass is 32.1. The molecule has 0 saturated carbocycles. The zero-order valence-corrected chi connectivity index (χ0v) is 12.8. The number of hydrogen-bond donors (Lipinski definition) is 1. The molecule has 2 rings (SSSR count). The Bertz CT molecular complexity index is 594. The number of nitrogens with one attached hydrogen (secondary N) is 1. The number of thiazole rings is 1. The van der Waals surface area contributed by atoms with Crippen LogP contribution in [0.5, 0.6) is 0 Å². The van der Waals surface area contributed by atoms with Gasteiger partial charge in [0.1, 0.15) is 0 Å². The lowest BCUT2D eigenvalue weighted by Crippen LogP contribution is -2.22. The zero-order chi connectivity index (χ0) is 14.5. The summed E-state index contributed by atoms with van der Waals surface area (Å²) in [6.07, 6.45) is 0. The van der Waals surface area contributed by atoms with E-state index in [1.165, 1.54) is 4.88 Å². The van der Waals surface area contributed by atoms with Crippen LogP contribution in [0.4, 0.5) is 5.69 Å². The lowest BCUT2D eigenvalue weighted by molar-refractivity contribution is -0.128. The summed E-state index contributed by atoms with van der Waals surface area (Å²) in [5.74, 6) is 0.0728. The molecule has 1 amide bonds. The first kappa shape index (κ1) is 14.5. The first-order chi connectivity index (χ1) is 9.56. The lowest BCUT2D eigenvalue weighted by Gasteiger charge is -2.15. The van der Waals surface area contributed by atoms with Crippen LogP contribution < -0.4 is 5.32 Å². The third-order valence-electron chi connectivity index (χ3n) is 3.18. The molecule has 5 heteroatoms. The molecule has 0 radical (unpaired) electrons. The third kappa shape index (κ3) is 3.81. The van der Waals surface area contributed by atoms with Crippen LogP contribution in [0, 0.1) is 6.92 Å². The number of anilines is 1. The molecule has 0 unspecified atom stereocenters. The summed E-state index contributed by atoms with van der Waals surface area (Å²) in [7, 11) is 1.81. The summed E-state index contributed by atoms with van der Waals surface area (Å²) in [5.41, 5.74) is 5.13. The second-order valence-electron chi connectivity index (χ2n) is 4.79. The normalized spacial score (nSPS) is 10.3. The first-order valence-corrected chi connectivity index (χ1v) is 7.37. The van der Waals surface area contributed by atoms with Crippen molar-refractivity contribution in [3.8, 4) is 0 Å². The van der Waals surface area contributed by atoms with Crippen LogP contribution in [0.2, 0.25) is 0 Å². The van der Waals surface area contributed by atoms with Crippen molar-refractivity contribution in [2.75, 3.05) is 12.4 Å². The predicted molar refractivity (Wildman–Crippen MR) is 82.8 cm³/mol. The fourth-order valence-electron chi connectivity index (χ4n) is 1.84. The van der Waals surface area contributed by atoms with Gasteiger partial charge in [0.15, 0.2) is 0 Å². The largest absolute Gasteiger partial charge is 0.380 e. The average molecular weight is 289 g/mol. The molecule has 0 fully saturated rings.